The van der Waals surface area contributed by atoms with Crippen molar-refractivity contribution < 1.29 is 36.2 Å². The molecule has 0 radical (unpaired) electrons. The Balaban J connectivity index is 0.000000587. The van der Waals surface area contributed by atoms with Crippen molar-refractivity contribution in [3.8, 4) is 5.75 Å². The topological polar surface area (TPSA) is 123 Å². The Bertz CT molecular complexity index is 1400. The minimum Gasteiger partial charge on any atom is -0.492 e. The Morgan fingerprint density at radius 1 is 1.17 bits per heavy atom. The van der Waals surface area contributed by atoms with Gasteiger partial charge in [-0.1, -0.05) is 56.3 Å². The van der Waals surface area contributed by atoms with E-state index in [0.29, 0.717) is 12.5 Å². The number of hydrogen-bond acceptors (Lipinski definition) is 6. The molecule has 0 amide bonds. The summed E-state index contributed by atoms with van der Waals surface area (Å²) in [5, 5.41) is 10.9. The molecule has 1 aromatic heterocycles. The van der Waals surface area contributed by atoms with E-state index in [4.69, 9.17) is 14.6 Å². The summed E-state index contributed by atoms with van der Waals surface area (Å²) in [5.74, 6) is -1.02. The molecule has 2 heterocycles. The van der Waals surface area contributed by atoms with Gasteiger partial charge in [-0.3, -0.25) is 0 Å². The average Bonchev–Trinajstić information content (AvgIpc) is 3.36. The van der Waals surface area contributed by atoms with Gasteiger partial charge in [0.05, 0.1) is 6.33 Å². The number of aliphatic carboxylic acids is 1. The molecular formula is C28H35F3N4O5S. The first-order valence-corrected chi connectivity index (χ1v) is 14.5. The molecule has 0 aliphatic carbocycles. The first-order valence-electron chi connectivity index (χ1n) is 13.1. The zero-order valence-corrected chi connectivity index (χ0v) is 23.9. The number of carbonyl (C=O) groups is 1. The van der Waals surface area contributed by atoms with E-state index in [1.54, 1.807) is 11.6 Å². The normalized spacial score (nSPS) is 16.9. The highest BCUT2D eigenvalue weighted by molar-refractivity contribution is 7.89. The molecule has 3 N–H and O–H groups in total. The summed E-state index contributed by atoms with van der Waals surface area (Å²) in [7, 11) is -1.93. The molecule has 0 unspecified atom stereocenters. The molecule has 4 rings (SSSR count). The van der Waals surface area contributed by atoms with Gasteiger partial charge in [0.1, 0.15) is 12.4 Å². The summed E-state index contributed by atoms with van der Waals surface area (Å²) >= 11 is 0. The van der Waals surface area contributed by atoms with E-state index in [9.17, 15) is 21.6 Å². The van der Waals surface area contributed by atoms with Gasteiger partial charge in [-0.25, -0.2) is 22.9 Å². The molecule has 224 valence electrons. The standard InChI is InChI=1S/C26H34N4O3S.C2HF3O2/c1-19(2)11-12-27-24-17-33-25-10-9-21(15-29-34(31,32)26-16-30(3)18-28-26)14-23(25)22(24)13-20-7-5-4-6-8-20;3-2(4,5)1(6)7/h4-10,14,16,18-19,22,24,27,29H,11-13,15,17H2,1-3H3;(H,6,7)/t22-,24+;/m1./s1. The number of nitrogens with zero attached hydrogens (tertiary/aromatic N) is 2. The summed E-state index contributed by atoms with van der Waals surface area (Å²) < 4.78 is 67.4. The maximum Gasteiger partial charge on any atom is 0.490 e. The number of imidazole rings is 1. The first-order chi connectivity index (χ1) is 19.3. The number of halogens is 3. The second-order valence-corrected chi connectivity index (χ2v) is 11.9. The fourth-order valence-corrected chi connectivity index (χ4v) is 5.30. The Kier molecular flexibility index (Phi) is 10.9. The van der Waals surface area contributed by atoms with Gasteiger partial charge in [0.2, 0.25) is 0 Å². The SMILES string of the molecule is CC(C)CCN[C@H]1COc2ccc(CNS(=O)(=O)c3cn(C)cn3)cc2[C@H]1Cc1ccccc1.O=C(O)C(F)(F)F. The number of carboxylic acid groups (broad SMARTS) is 1. The van der Waals surface area contributed by atoms with Crippen molar-refractivity contribution in [1.29, 1.82) is 0 Å². The largest absolute Gasteiger partial charge is 0.492 e. The molecule has 9 nitrogen and oxygen atoms in total. The number of alkyl halides is 3. The van der Waals surface area contributed by atoms with Gasteiger partial charge in [-0.2, -0.15) is 13.2 Å². The highest BCUT2D eigenvalue weighted by Gasteiger charge is 2.38. The number of ether oxygens (including phenoxy) is 1. The summed E-state index contributed by atoms with van der Waals surface area (Å²) in [6, 6.07) is 16.6. The lowest BCUT2D eigenvalue weighted by Crippen LogP contribution is -2.44. The van der Waals surface area contributed by atoms with Crippen LogP contribution in [0.5, 0.6) is 5.75 Å². The number of aromatic nitrogens is 2. The van der Waals surface area contributed by atoms with Crippen molar-refractivity contribution in [1.82, 2.24) is 19.6 Å². The minimum absolute atomic E-state index is 0.0210. The average molecular weight is 597 g/mol. The molecule has 1 aliphatic heterocycles. The number of carboxylic acids is 1. The molecule has 0 fully saturated rings. The van der Waals surface area contributed by atoms with Crippen LogP contribution in [0.3, 0.4) is 0 Å². The predicted octanol–water partition coefficient (Wildman–Crippen LogP) is 4.25. The lowest BCUT2D eigenvalue weighted by Gasteiger charge is -2.35. The molecule has 2 aromatic carbocycles. The lowest BCUT2D eigenvalue weighted by molar-refractivity contribution is -0.192. The quantitative estimate of drug-likeness (QED) is 0.320. The second kappa shape index (κ2) is 14.0. The van der Waals surface area contributed by atoms with Crippen LogP contribution < -0.4 is 14.8 Å². The fourth-order valence-electron chi connectivity index (χ4n) is 4.30. The van der Waals surface area contributed by atoms with Crippen LogP contribution in [0.25, 0.3) is 0 Å². The second-order valence-electron chi connectivity index (χ2n) is 10.2. The number of nitrogens with one attached hydrogen (secondary N) is 2. The third-order valence-corrected chi connectivity index (χ3v) is 7.76. The van der Waals surface area contributed by atoms with Crippen molar-refractivity contribution in [3.63, 3.8) is 0 Å². The number of benzene rings is 2. The lowest BCUT2D eigenvalue weighted by atomic mass is 9.83. The molecule has 2 atom stereocenters. The summed E-state index contributed by atoms with van der Waals surface area (Å²) in [5.41, 5.74) is 3.28. The maximum atomic E-state index is 12.6. The number of hydrogen-bond donors (Lipinski definition) is 3. The van der Waals surface area contributed by atoms with Crippen LogP contribution in [0.2, 0.25) is 0 Å². The third-order valence-electron chi connectivity index (χ3n) is 6.47. The molecule has 3 aromatic rings. The van der Waals surface area contributed by atoms with Crippen LogP contribution in [-0.4, -0.2) is 54.4 Å². The van der Waals surface area contributed by atoms with Gasteiger partial charge in [-0.15, -0.1) is 0 Å². The van der Waals surface area contributed by atoms with E-state index in [-0.39, 0.29) is 23.5 Å². The molecule has 0 bridgehead atoms. The van der Waals surface area contributed by atoms with Gasteiger partial charge in [-0.05, 0) is 48.1 Å². The molecule has 13 heteroatoms. The van der Waals surface area contributed by atoms with E-state index in [2.05, 4.69) is 59.2 Å². The van der Waals surface area contributed by atoms with Crippen LogP contribution in [0.1, 0.15) is 42.9 Å². The molecule has 0 saturated carbocycles. The molecular weight excluding hydrogens is 561 g/mol. The predicted molar refractivity (Wildman–Crippen MR) is 147 cm³/mol. The van der Waals surface area contributed by atoms with Crippen molar-refractivity contribution in [2.75, 3.05) is 13.2 Å². The molecule has 0 saturated heterocycles. The number of sulfonamides is 1. The number of fused-ring (bicyclic) bond motifs is 1. The fraction of sp³-hybridized carbons (Fsp3) is 0.429. The highest BCUT2D eigenvalue weighted by atomic mass is 32.2. The number of rotatable bonds is 10. The van der Waals surface area contributed by atoms with E-state index in [1.165, 1.54) is 18.1 Å². The van der Waals surface area contributed by atoms with Crippen molar-refractivity contribution in [3.05, 3.63) is 77.7 Å². The maximum absolute atomic E-state index is 12.6. The van der Waals surface area contributed by atoms with Gasteiger partial charge in [0, 0.05) is 31.7 Å². The monoisotopic (exact) mass is 596 g/mol. The summed E-state index contributed by atoms with van der Waals surface area (Å²) in [6.45, 7) is 6.21. The van der Waals surface area contributed by atoms with Gasteiger partial charge >= 0.3 is 12.1 Å². The van der Waals surface area contributed by atoms with Gasteiger partial charge in [0.25, 0.3) is 10.0 Å². The van der Waals surface area contributed by atoms with Crippen LogP contribution in [0.4, 0.5) is 13.2 Å². The smallest absolute Gasteiger partial charge is 0.490 e. The van der Waals surface area contributed by atoms with Crippen LogP contribution in [0, 0.1) is 5.92 Å². The van der Waals surface area contributed by atoms with E-state index < -0.39 is 22.2 Å². The highest BCUT2D eigenvalue weighted by Crippen LogP contribution is 2.37. The van der Waals surface area contributed by atoms with E-state index >= 15 is 0 Å². The van der Waals surface area contributed by atoms with Gasteiger partial charge in [0.15, 0.2) is 5.03 Å². The number of aryl methyl sites for hydroxylation is 1. The first kappa shape index (κ1) is 32.1. The molecule has 0 spiro atoms. The van der Waals surface area contributed by atoms with Crippen LogP contribution in [0.15, 0.2) is 66.1 Å². The van der Waals surface area contributed by atoms with Crippen molar-refractivity contribution >= 4 is 16.0 Å². The minimum atomic E-state index is -5.08. The van der Waals surface area contributed by atoms with Crippen LogP contribution in [-0.2, 0) is 34.8 Å². The summed E-state index contributed by atoms with van der Waals surface area (Å²) in [4.78, 5) is 12.9. The third kappa shape index (κ3) is 9.58. The van der Waals surface area contributed by atoms with Crippen molar-refractivity contribution in [2.24, 2.45) is 13.0 Å². The Morgan fingerprint density at radius 2 is 1.85 bits per heavy atom. The Labute approximate surface area is 237 Å². The molecule has 1 aliphatic rings. The van der Waals surface area contributed by atoms with E-state index in [1.807, 2.05) is 18.2 Å². The zero-order chi connectivity index (χ0) is 30.2. The summed E-state index contributed by atoms with van der Waals surface area (Å²) in [6.07, 6.45) is -0.117. The Hall–Kier alpha value is -3.42. The Morgan fingerprint density at radius 3 is 2.44 bits per heavy atom. The van der Waals surface area contributed by atoms with E-state index in [0.717, 1.165) is 36.3 Å². The van der Waals surface area contributed by atoms with Crippen LogP contribution >= 0.6 is 0 Å². The molecule has 41 heavy (non-hydrogen) atoms. The van der Waals surface area contributed by atoms with Gasteiger partial charge < -0.3 is 19.7 Å². The van der Waals surface area contributed by atoms with Crippen molar-refractivity contribution in [2.45, 2.75) is 56.4 Å². The zero-order valence-electron chi connectivity index (χ0n) is 23.1.